The molecule has 102 valence electrons. The molecule has 18 heavy (non-hydrogen) atoms. The lowest BCUT2D eigenvalue weighted by Crippen LogP contribution is -2.39. The van der Waals surface area contributed by atoms with Gasteiger partial charge in [0.1, 0.15) is 17.5 Å². The summed E-state index contributed by atoms with van der Waals surface area (Å²) in [7, 11) is 0. The summed E-state index contributed by atoms with van der Waals surface area (Å²) in [5.41, 5.74) is 5.50. The standard InChI is InChI=1S/C13H25N5/c1-9-15-10(17-12(2,3)4)7-11(16-9)18-13(5,6)8-14/h7H,8,14H2,1-6H3,(H2,15,16,17,18). The first-order valence-electron chi connectivity index (χ1n) is 6.23. The highest BCUT2D eigenvalue weighted by Crippen LogP contribution is 2.18. The van der Waals surface area contributed by atoms with Crippen molar-refractivity contribution in [2.24, 2.45) is 5.73 Å². The van der Waals surface area contributed by atoms with E-state index in [0.717, 1.165) is 17.5 Å². The number of anilines is 2. The van der Waals surface area contributed by atoms with Crippen molar-refractivity contribution in [1.29, 1.82) is 0 Å². The second-order valence-electron chi connectivity index (χ2n) is 6.27. The van der Waals surface area contributed by atoms with Gasteiger partial charge < -0.3 is 16.4 Å². The molecule has 0 atom stereocenters. The number of aryl methyl sites for hydroxylation is 1. The van der Waals surface area contributed by atoms with Gasteiger partial charge in [-0.1, -0.05) is 0 Å². The highest BCUT2D eigenvalue weighted by molar-refractivity contribution is 5.49. The molecule has 0 spiro atoms. The Morgan fingerprint density at radius 2 is 1.56 bits per heavy atom. The Bertz CT molecular complexity index is 406. The van der Waals surface area contributed by atoms with E-state index in [9.17, 15) is 0 Å². The molecule has 4 N–H and O–H groups in total. The molecule has 5 heteroatoms. The molecule has 1 heterocycles. The molecule has 0 unspecified atom stereocenters. The highest BCUT2D eigenvalue weighted by atomic mass is 15.1. The minimum absolute atomic E-state index is 0.0263. The van der Waals surface area contributed by atoms with Gasteiger partial charge in [0.05, 0.1) is 0 Å². The Morgan fingerprint density at radius 3 is 2.00 bits per heavy atom. The molecular weight excluding hydrogens is 226 g/mol. The molecule has 1 aromatic rings. The molecule has 0 saturated heterocycles. The Balaban J connectivity index is 2.94. The topological polar surface area (TPSA) is 75.9 Å². The van der Waals surface area contributed by atoms with E-state index in [-0.39, 0.29) is 11.1 Å². The Morgan fingerprint density at radius 1 is 1.06 bits per heavy atom. The van der Waals surface area contributed by atoms with Gasteiger partial charge in [-0.15, -0.1) is 0 Å². The van der Waals surface area contributed by atoms with E-state index in [1.165, 1.54) is 0 Å². The maximum atomic E-state index is 5.71. The quantitative estimate of drug-likeness (QED) is 0.764. The summed E-state index contributed by atoms with van der Waals surface area (Å²) >= 11 is 0. The highest BCUT2D eigenvalue weighted by Gasteiger charge is 2.17. The number of hydrogen-bond acceptors (Lipinski definition) is 5. The number of nitrogens with two attached hydrogens (primary N) is 1. The lowest BCUT2D eigenvalue weighted by molar-refractivity contribution is 0.576. The van der Waals surface area contributed by atoms with Crippen molar-refractivity contribution in [2.75, 3.05) is 17.2 Å². The Kier molecular flexibility index (Phi) is 4.16. The zero-order chi connectivity index (χ0) is 14.0. The summed E-state index contributed by atoms with van der Waals surface area (Å²) < 4.78 is 0. The maximum Gasteiger partial charge on any atom is 0.132 e. The first-order chi connectivity index (χ1) is 8.11. The van der Waals surface area contributed by atoms with Crippen LogP contribution in [0, 0.1) is 6.92 Å². The SMILES string of the molecule is Cc1nc(NC(C)(C)C)cc(NC(C)(C)CN)n1. The fourth-order valence-corrected chi connectivity index (χ4v) is 1.48. The van der Waals surface area contributed by atoms with Crippen molar-refractivity contribution in [2.45, 2.75) is 52.6 Å². The van der Waals surface area contributed by atoms with Gasteiger partial charge in [0.15, 0.2) is 0 Å². The fourth-order valence-electron chi connectivity index (χ4n) is 1.48. The molecule has 0 saturated carbocycles. The second kappa shape index (κ2) is 5.10. The van der Waals surface area contributed by atoms with Gasteiger partial charge in [0.25, 0.3) is 0 Å². The van der Waals surface area contributed by atoms with Crippen LogP contribution in [0.25, 0.3) is 0 Å². The van der Waals surface area contributed by atoms with E-state index in [4.69, 9.17) is 5.73 Å². The van der Waals surface area contributed by atoms with E-state index in [0.29, 0.717) is 6.54 Å². The van der Waals surface area contributed by atoms with Crippen molar-refractivity contribution >= 4 is 11.6 Å². The van der Waals surface area contributed by atoms with Crippen LogP contribution in [0.2, 0.25) is 0 Å². The van der Waals surface area contributed by atoms with Gasteiger partial charge in [0, 0.05) is 23.7 Å². The third-order valence-corrected chi connectivity index (χ3v) is 2.32. The van der Waals surface area contributed by atoms with E-state index in [1.807, 2.05) is 26.8 Å². The van der Waals surface area contributed by atoms with Crippen LogP contribution in [0.15, 0.2) is 6.07 Å². The van der Waals surface area contributed by atoms with Gasteiger partial charge in [-0.2, -0.15) is 0 Å². The third-order valence-electron chi connectivity index (χ3n) is 2.32. The van der Waals surface area contributed by atoms with Crippen LogP contribution in [0.1, 0.15) is 40.4 Å². The number of nitrogens with one attached hydrogen (secondary N) is 2. The molecule has 0 amide bonds. The molecule has 0 aromatic carbocycles. The summed E-state index contributed by atoms with van der Waals surface area (Å²) in [6, 6.07) is 1.91. The average Bonchev–Trinajstić information content (AvgIpc) is 2.12. The predicted molar refractivity (Wildman–Crippen MR) is 76.9 cm³/mol. The zero-order valence-corrected chi connectivity index (χ0v) is 12.3. The third kappa shape index (κ3) is 4.87. The summed E-state index contributed by atoms with van der Waals surface area (Å²) in [6.45, 7) is 12.8. The van der Waals surface area contributed by atoms with Crippen LogP contribution in [0.3, 0.4) is 0 Å². The lowest BCUT2D eigenvalue weighted by Gasteiger charge is -2.26. The van der Waals surface area contributed by atoms with Crippen LogP contribution in [-0.2, 0) is 0 Å². The molecule has 1 aromatic heterocycles. The lowest BCUT2D eigenvalue weighted by atomic mass is 10.1. The molecule has 1 rings (SSSR count). The van der Waals surface area contributed by atoms with E-state index in [2.05, 4.69) is 41.4 Å². The van der Waals surface area contributed by atoms with Crippen LogP contribution < -0.4 is 16.4 Å². The van der Waals surface area contributed by atoms with Gasteiger partial charge >= 0.3 is 0 Å². The molecule has 0 fully saturated rings. The minimum Gasteiger partial charge on any atom is -0.365 e. The number of hydrogen-bond donors (Lipinski definition) is 3. The van der Waals surface area contributed by atoms with Gasteiger partial charge in [-0.3, -0.25) is 0 Å². The van der Waals surface area contributed by atoms with Crippen LogP contribution >= 0.6 is 0 Å². The Hall–Kier alpha value is -1.36. The fraction of sp³-hybridized carbons (Fsp3) is 0.692. The molecule has 0 aliphatic rings. The predicted octanol–water partition coefficient (Wildman–Crippen LogP) is 2.14. The molecule has 5 nitrogen and oxygen atoms in total. The van der Waals surface area contributed by atoms with E-state index < -0.39 is 0 Å². The number of nitrogens with zero attached hydrogens (tertiary/aromatic N) is 2. The van der Waals surface area contributed by atoms with Crippen LogP contribution in [-0.4, -0.2) is 27.6 Å². The monoisotopic (exact) mass is 251 g/mol. The van der Waals surface area contributed by atoms with Crippen molar-refractivity contribution < 1.29 is 0 Å². The second-order valence-corrected chi connectivity index (χ2v) is 6.27. The first-order valence-corrected chi connectivity index (χ1v) is 6.23. The Labute approximate surface area is 110 Å². The normalized spacial score (nSPS) is 12.4. The van der Waals surface area contributed by atoms with E-state index in [1.54, 1.807) is 0 Å². The van der Waals surface area contributed by atoms with Crippen LogP contribution in [0.4, 0.5) is 11.6 Å². The average molecular weight is 251 g/mol. The number of rotatable bonds is 4. The minimum atomic E-state index is -0.181. The molecular formula is C13H25N5. The zero-order valence-electron chi connectivity index (χ0n) is 12.3. The summed E-state index contributed by atoms with van der Waals surface area (Å²) in [5, 5.41) is 6.66. The maximum absolute atomic E-state index is 5.71. The van der Waals surface area contributed by atoms with Crippen LogP contribution in [0.5, 0.6) is 0 Å². The smallest absolute Gasteiger partial charge is 0.132 e. The first kappa shape index (κ1) is 14.7. The van der Waals surface area contributed by atoms with Crippen molar-refractivity contribution in [3.05, 3.63) is 11.9 Å². The van der Waals surface area contributed by atoms with Crippen molar-refractivity contribution in [1.82, 2.24) is 9.97 Å². The largest absolute Gasteiger partial charge is 0.365 e. The molecule has 0 bridgehead atoms. The number of aromatic nitrogens is 2. The molecule has 0 radical (unpaired) electrons. The van der Waals surface area contributed by atoms with E-state index >= 15 is 0 Å². The van der Waals surface area contributed by atoms with Crippen molar-refractivity contribution in [3.8, 4) is 0 Å². The molecule has 0 aliphatic heterocycles. The van der Waals surface area contributed by atoms with Gasteiger partial charge in [-0.25, -0.2) is 9.97 Å². The van der Waals surface area contributed by atoms with Gasteiger partial charge in [0.2, 0.25) is 0 Å². The van der Waals surface area contributed by atoms with Crippen molar-refractivity contribution in [3.63, 3.8) is 0 Å². The molecule has 0 aliphatic carbocycles. The summed E-state index contributed by atoms with van der Waals surface area (Å²) in [5.74, 6) is 2.36. The summed E-state index contributed by atoms with van der Waals surface area (Å²) in [6.07, 6.45) is 0. The van der Waals surface area contributed by atoms with Gasteiger partial charge in [-0.05, 0) is 41.5 Å². The summed E-state index contributed by atoms with van der Waals surface area (Å²) in [4.78, 5) is 8.76.